The average molecular weight is 290 g/mol. The van der Waals surface area contributed by atoms with Crippen LogP contribution in [-0.4, -0.2) is 30.1 Å². The van der Waals surface area contributed by atoms with Crippen LogP contribution in [0.5, 0.6) is 0 Å². The Kier molecular flexibility index (Phi) is 3.54. The van der Waals surface area contributed by atoms with E-state index in [0.29, 0.717) is 0 Å². The second-order valence-corrected chi connectivity index (χ2v) is 7.17. The number of thiophene rings is 1. The molecule has 4 nitrogen and oxygen atoms in total. The van der Waals surface area contributed by atoms with Crippen LogP contribution in [0, 0.1) is 18.8 Å². The number of aromatic nitrogens is 2. The molecule has 1 unspecified atom stereocenters. The van der Waals surface area contributed by atoms with E-state index in [1.165, 1.54) is 16.7 Å². The van der Waals surface area contributed by atoms with Crippen molar-refractivity contribution in [3.8, 4) is 0 Å². The van der Waals surface area contributed by atoms with E-state index in [0.717, 1.165) is 41.5 Å². The summed E-state index contributed by atoms with van der Waals surface area (Å²) in [6.45, 7) is 8.99. The first-order valence-corrected chi connectivity index (χ1v) is 8.11. The number of nitrogens with zero attached hydrogens (tertiary/aromatic N) is 3. The molecule has 0 amide bonds. The maximum absolute atomic E-state index is 4.72. The van der Waals surface area contributed by atoms with E-state index in [1.807, 2.05) is 7.05 Å². The minimum atomic E-state index is 0.724. The van der Waals surface area contributed by atoms with E-state index >= 15 is 0 Å². The number of nitrogens with one attached hydrogen (secondary N) is 1. The molecule has 0 saturated carbocycles. The summed E-state index contributed by atoms with van der Waals surface area (Å²) in [5.74, 6) is 3.34. The molecule has 0 bridgehead atoms. The fraction of sp³-hybridized carbons (Fsp3) is 0.600. The van der Waals surface area contributed by atoms with Crippen molar-refractivity contribution in [1.82, 2.24) is 9.97 Å². The van der Waals surface area contributed by atoms with Crippen LogP contribution in [0.25, 0.3) is 10.2 Å². The van der Waals surface area contributed by atoms with Crippen molar-refractivity contribution in [2.24, 2.45) is 11.8 Å². The predicted octanol–water partition coefficient (Wildman–Crippen LogP) is 3.52. The Hall–Kier alpha value is -1.36. The largest absolute Gasteiger partial charge is 0.357 e. The lowest BCUT2D eigenvalue weighted by Crippen LogP contribution is -2.22. The molecule has 20 heavy (non-hydrogen) atoms. The maximum atomic E-state index is 4.72. The molecule has 0 aromatic carbocycles. The van der Waals surface area contributed by atoms with Crippen molar-refractivity contribution in [1.29, 1.82) is 0 Å². The quantitative estimate of drug-likeness (QED) is 0.939. The number of anilines is 2. The summed E-state index contributed by atoms with van der Waals surface area (Å²) in [5, 5.41) is 4.29. The van der Waals surface area contributed by atoms with Crippen LogP contribution in [0.4, 0.5) is 11.8 Å². The Morgan fingerprint density at radius 1 is 1.40 bits per heavy atom. The summed E-state index contributed by atoms with van der Waals surface area (Å²) in [4.78, 5) is 14.1. The highest BCUT2D eigenvalue weighted by molar-refractivity contribution is 7.18. The lowest BCUT2D eigenvalue weighted by molar-refractivity contribution is 0.422. The highest BCUT2D eigenvalue weighted by atomic mass is 32.1. The minimum absolute atomic E-state index is 0.724. The molecule has 1 aliphatic heterocycles. The first-order valence-electron chi connectivity index (χ1n) is 7.29. The van der Waals surface area contributed by atoms with Gasteiger partial charge in [0.15, 0.2) is 0 Å². The molecule has 108 valence electrons. The molecule has 1 N–H and O–H groups in total. The second-order valence-electron chi connectivity index (χ2n) is 5.94. The third kappa shape index (κ3) is 2.35. The summed E-state index contributed by atoms with van der Waals surface area (Å²) >= 11 is 1.74. The summed E-state index contributed by atoms with van der Waals surface area (Å²) in [6.07, 6.45) is 1.27. The number of hydrogen-bond acceptors (Lipinski definition) is 5. The Labute approximate surface area is 124 Å². The van der Waals surface area contributed by atoms with E-state index in [2.05, 4.69) is 42.0 Å². The molecule has 2 aromatic heterocycles. The van der Waals surface area contributed by atoms with Gasteiger partial charge in [-0.05, 0) is 31.2 Å². The second kappa shape index (κ2) is 5.20. The molecular formula is C15H22N4S. The zero-order valence-electron chi connectivity index (χ0n) is 12.6. The van der Waals surface area contributed by atoms with Crippen LogP contribution < -0.4 is 10.2 Å². The smallest absolute Gasteiger partial charge is 0.225 e. The van der Waals surface area contributed by atoms with Gasteiger partial charge in [0.25, 0.3) is 0 Å². The summed E-state index contributed by atoms with van der Waals surface area (Å²) in [6, 6.07) is 2.22. The van der Waals surface area contributed by atoms with Gasteiger partial charge in [-0.2, -0.15) is 4.98 Å². The van der Waals surface area contributed by atoms with Crippen LogP contribution in [0.2, 0.25) is 0 Å². The number of hydrogen-bond donors (Lipinski definition) is 1. The van der Waals surface area contributed by atoms with Gasteiger partial charge < -0.3 is 10.2 Å². The molecule has 1 aliphatic rings. The van der Waals surface area contributed by atoms with Gasteiger partial charge in [-0.1, -0.05) is 13.8 Å². The molecule has 3 rings (SSSR count). The van der Waals surface area contributed by atoms with Gasteiger partial charge in [0, 0.05) is 25.0 Å². The van der Waals surface area contributed by atoms with Gasteiger partial charge in [0.05, 0.1) is 5.39 Å². The maximum Gasteiger partial charge on any atom is 0.225 e. The van der Waals surface area contributed by atoms with Crippen molar-refractivity contribution in [2.45, 2.75) is 27.2 Å². The monoisotopic (exact) mass is 290 g/mol. The van der Waals surface area contributed by atoms with E-state index in [9.17, 15) is 0 Å². The molecule has 1 saturated heterocycles. The lowest BCUT2D eigenvalue weighted by Gasteiger charge is -2.20. The first kappa shape index (κ1) is 13.6. The average Bonchev–Trinajstić information content (AvgIpc) is 3.02. The fourth-order valence-electron chi connectivity index (χ4n) is 2.90. The molecule has 1 atom stereocenters. The molecule has 0 radical (unpaired) electrons. The number of rotatable bonds is 3. The Morgan fingerprint density at radius 3 is 2.85 bits per heavy atom. The number of fused-ring (bicyclic) bond motifs is 1. The van der Waals surface area contributed by atoms with Crippen molar-refractivity contribution in [3.63, 3.8) is 0 Å². The van der Waals surface area contributed by atoms with E-state index < -0.39 is 0 Å². The van der Waals surface area contributed by atoms with Crippen molar-refractivity contribution in [2.75, 3.05) is 30.4 Å². The van der Waals surface area contributed by atoms with Gasteiger partial charge in [-0.15, -0.1) is 11.3 Å². The van der Waals surface area contributed by atoms with Gasteiger partial charge in [-0.25, -0.2) is 4.98 Å². The van der Waals surface area contributed by atoms with Crippen LogP contribution in [-0.2, 0) is 0 Å². The zero-order chi connectivity index (χ0) is 14.3. The molecule has 1 fully saturated rings. The fourth-order valence-corrected chi connectivity index (χ4v) is 3.78. The summed E-state index contributed by atoms with van der Waals surface area (Å²) in [5.41, 5.74) is 0. The zero-order valence-corrected chi connectivity index (χ0v) is 13.4. The Morgan fingerprint density at radius 2 is 2.20 bits per heavy atom. The van der Waals surface area contributed by atoms with Crippen molar-refractivity contribution >= 4 is 33.3 Å². The van der Waals surface area contributed by atoms with Crippen LogP contribution >= 0.6 is 11.3 Å². The van der Waals surface area contributed by atoms with E-state index in [-0.39, 0.29) is 0 Å². The van der Waals surface area contributed by atoms with E-state index in [4.69, 9.17) is 4.98 Å². The van der Waals surface area contributed by atoms with Gasteiger partial charge in [0.1, 0.15) is 10.6 Å². The van der Waals surface area contributed by atoms with Crippen LogP contribution in [0.15, 0.2) is 6.07 Å². The predicted molar refractivity (Wildman–Crippen MR) is 86.9 cm³/mol. The minimum Gasteiger partial charge on any atom is -0.357 e. The first-order chi connectivity index (χ1) is 9.58. The van der Waals surface area contributed by atoms with Crippen LogP contribution in [0.1, 0.15) is 25.1 Å². The van der Waals surface area contributed by atoms with Crippen molar-refractivity contribution in [3.05, 3.63) is 10.9 Å². The topological polar surface area (TPSA) is 41.1 Å². The molecule has 2 aromatic rings. The third-order valence-electron chi connectivity index (χ3n) is 4.19. The lowest BCUT2D eigenvalue weighted by atomic mass is 9.95. The molecular weight excluding hydrogens is 268 g/mol. The van der Waals surface area contributed by atoms with Crippen molar-refractivity contribution < 1.29 is 0 Å². The summed E-state index contributed by atoms with van der Waals surface area (Å²) < 4.78 is 0. The van der Waals surface area contributed by atoms with Gasteiger partial charge in [0.2, 0.25) is 5.95 Å². The summed E-state index contributed by atoms with van der Waals surface area (Å²) in [7, 11) is 1.88. The highest BCUT2D eigenvalue weighted by Gasteiger charge is 2.27. The highest BCUT2D eigenvalue weighted by Crippen LogP contribution is 2.35. The standard InChI is InChI=1S/C15H22N4S/c1-9(2)11-5-6-19(8-11)13-12-7-10(3)20-14(12)18-15(16-4)17-13/h7,9,11H,5-6,8H2,1-4H3,(H,16,17,18). The Balaban J connectivity index is 2.02. The molecule has 5 heteroatoms. The third-order valence-corrected chi connectivity index (χ3v) is 5.13. The number of aryl methyl sites for hydroxylation is 1. The molecule has 0 aliphatic carbocycles. The Bertz CT molecular complexity index is 620. The van der Waals surface area contributed by atoms with Crippen LogP contribution in [0.3, 0.4) is 0 Å². The normalized spacial score (nSPS) is 19.2. The van der Waals surface area contributed by atoms with Gasteiger partial charge in [-0.3, -0.25) is 0 Å². The SMILES string of the molecule is CNc1nc(N2CCC(C(C)C)C2)c2cc(C)sc2n1. The molecule has 0 spiro atoms. The van der Waals surface area contributed by atoms with E-state index in [1.54, 1.807) is 11.3 Å². The molecule has 3 heterocycles. The van der Waals surface area contributed by atoms with Gasteiger partial charge >= 0.3 is 0 Å².